The standard InChI is InChI=1S/C18H19N3O3S/c1-4-21-16(22)15(11-20-13-8-6-7-12(3)9-13)25-17(21)14(10-19)18(23)24-5-2/h6-9,11,20H,4-5H2,1-3H3/b15-11-,17-14-. The molecule has 0 aliphatic rings. The molecule has 2 aromatic rings. The van der Waals surface area contributed by atoms with Crippen molar-refractivity contribution < 1.29 is 9.53 Å². The van der Waals surface area contributed by atoms with E-state index >= 15 is 0 Å². The predicted octanol–water partition coefficient (Wildman–Crippen LogP) is 1.33. The van der Waals surface area contributed by atoms with Gasteiger partial charge in [0.2, 0.25) is 0 Å². The van der Waals surface area contributed by atoms with E-state index in [1.165, 1.54) is 4.57 Å². The van der Waals surface area contributed by atoms with Crippen LogP contribution in [0.1, 0.15) is 19.4 Å². The van der Waals surface area contributed by atoms with E-state index in [0.717, 1.165) is 22.6 Å². The highest BCUT2D eigenvalue weighted by molar-refractivity contribution is 7.07. The summed E-state index contributed by atoms with van der Waals surface area (Å²) in [7, 11) is 0. The molecule has 1 heterocycles. The van der Waals surface area contributed by atoms with Crippen molar-refractivity contribution in [1.82, 2.24) is 4.57 Å². The van der Waals surface area contributed by atoms with E-state index < -0.39 is 5.97 Å². The highest BCUT2D eigenvalue weighted by atomic mass is 32.1. The number of esters is 1. The number of nitriles is 1. The average Bonchev–Trinajstić information content (AvgIpc) is 2.89. The third-order valence-corrected chi connectivity index (χ3v) is 4.55. The zero-order chi connectivity index (χ0) is 18.4. The summed E-state index contributed by atoms with van der Waals surface area (Å²) in [4.78, 5) is 24.5. The van der Waals surface area contributed by atoms with Crippen LogP contribution < -0.4 is 20.1 Å². The molecule has 0 unspecified atom stereocenters. The number of anilines is 1. The zero-order valence-electron chi connectivity index (χ0n) is 14.3. The molecule has 6 nitrogen and oxygen atoms in total. The summed E-state index contributed by atoms with van der Waals surface area (Å²) in [5, 5.41) is 12.4. The Labute approximate surface area is 149 Å². The second-order valence-corrected chi connectivity index (χ2v) is 6.22. The third kappa shape index (κ3) is 4.17. The van der Waals surface area contributed by atoms with E-state index in [-0.39, 0.29) is 17.7 Å². The molecule has 0 aliphatic heterocycles. The second-order valence-electron chi connectivity index (χ2n) is 5.19. The van der Waals surface area contributed by atoms with Gasteiger partial charge in [0, 0.05) is 18.4 Å². The number of benzene rings is 1. The molecule has 0 atom stereocenters. The van der Waals surface area contributed by atoms with Crippen molar-refractivity contribution in [3.05, 3.63) is 49.4 Å². The normalized spacial score (nSPS) is 12.5. The maximum Gasteiger partial charge on any atom is 0.351 e. The Morgan fingerprint density at radius 3 is 2.80 bits per heavy atom. The van der Waals surface area contributed by atoms with E-state index in [0.29, 0.717) is 15.7 Å². The van der Waals surface area contributed by atoms with Crippen LogP contribution in [0.5, 0.6) is 0 Å². The SMILES string of the molecule is CCOC(=O)/C(C#N)=c1\s/c(=C\Nc2cccc(C)c2)c(=O)n1CC. The van der Waals surface area contributed by atoms with Gasteiger partial charge in [-0.1, -0.05) is 12.1 Å². The first-order valence-electron chi connectivity index (χ1n) is 7.86. The van der Waals surface area contributed by atoms with Gasteiger partial charge in [0.05, 0.1) is 6.61 Å². The highest BCUT2D eigenvalue weighted by Gasteiger charge is 2.16. The number of ether oxygens (including phenoxy) is 1. The van der Waals surface area contributed by atoms with Crippen LogP contribution >= 0.6 is 11.3 Å². The third-order valence-electron chi connectivity index (χ3n) is 3.42. The summed E-state index contributed by atoms with van der Waals surface area (Å²) in [6.45, 7) is 5.95. The van der Waals surface area contributed by atoms with Crippen molar-refractivity contribution >= 4 is 34.8 Å². The topological polar surface area (TPSA) is 84.1 Å². The Bertz CT molecular complexity index is 996. The molecule has 1 aromatic carbocycles. The van der Waals surface area contributed by atoms with Crippen molar-refractivity contribution in [3.63, 3.8) is 0 Å². The number of hydrogen-bond acceptors (Lipinski definition) is 6. The predicted molar refractivity (Wildman–Crippen MR) is 98.4 cm³/mol. The van der Waals surface area contributed by atoms with Crippen molar-refractivity contribution in [1.29, 1.82) is 5.26 Å². The van der Waals surface area contributed by atoms with Crippen molar-refractivity contribution in [2.75, 3.05) is 11.9 Å². The first-order valence-corrected chi connectivity index (χ1v) is 8.68. The molecular weight excluding hydrogens is 338 g/mol. The lowest BCUT2D eigenvalue weighted by molar-refractivity contribution is -0.136. The first kappa shape index (κ1) is 18.5. The van der Waals surface area contributed by atoms with Crippen LogP contribution in [0, 0.1) is 18.3 Å². The van der Waals surface area contributed by atoms with Gasteiger partial charge in [-0.25, -0.2) is 4.79 Å². The molecule has 25 heavy (non-hydrogen) atoms. The number of thiazole rings is 1. The molecule has 2 rings (SSSR count). The smallest absolute Gasteiger partial charge is 0.351 e. The summed E-state index contributed by atoms with van der Waals surface area (Å²) >= 11 is 1.09. The monoisotopic (exact) mass is 357 g/mol. The van der Waals surface area contributed by atoms with Crippen LogP contribution in [-0.2, 0) is 16.1 Å². The number of hydrogen-bond donors (Lipinski definition) is 1. The fourth-order valence-corrected chi connectivity index (χ4v) is 3.34. The first-order chi connectivity index (χ1) is 12.0. The minimum Gasteiger partial charge on any atom is -0.462 e. The minimum absolute atomic E-state index is 0.152. The number of carbonyl (C=O) groups excluding carboxylic acids is 1. The van der Waals surface area contributed by atoms with Gasteiger partial charge in [0.1, 0.15) is 15.3 Å². The van der Waals surface area contributed by atoms with Crippen LogP contribution in [0.25, 0.3) is 11.8 Å². The molecule has 0 aliphatic carbocycles. The maximum absolute atomic E-state index is 12.5. The number of rotatable bonds is 5. The molecule has 130 valence electrons. The van der Waals surface area contributed by atoms with E-state index in [9.17, 15) is 14.9 Å². The lowest BCUT2D eigenvalue weighted by Gasteiger charge is -2.00. The Balaban J connectivity index is 2.58. The number of aryl methyl sites for hydroxylation is 1. The maximum atomic E-state index is 12.5. The summed E-state index contributed by atoms with van der Waals surface area (Å²) in [6, 6.07) is 9.59. The number of nitrogens with zero attached hydrogens (tertiary/aromatic N) is 2. The summed E-state index contributed by atoms with van der Waals surface area (Å²) < 4.78 is 7.04. The molecule has 0 saturated heterocycles. The lowest BCUT2D eigenvalue weighted by atomic mass is 10.2. The molecule has 0 bridgehead atoms. The molecule has 0 fully saturated rings. The van der Waals surface area contributed by atoms with E-state index in [2.05, 4.69) is 5.32 Å². The zero-order valence-corrected chi connectivity index (χ0v) is 15.1. The fraction of sp³-hybridized carbons (Fsp3) is 0.278. The van der Waals surface area contributed by atoms with Gasteiger partial charge in [0.25, 0.3) is 5.56 Å². The van der Waals surface area contributed by atoms with Gasteiger partial charge in [-0.2, -0.15) is 5.26 Å². The van der Waals surface area contributed by atoms with Crippen LogP contribution in [0.4, 0.5) is 5.69 Å². The number of carbonyl (C=O) groups is 1. The molecule has 0 amide bonds. The van der Waals surface area contributed by atoms with Crippen molar-refractivity contribution in [2.24, 2.45) is 0 Å². The van der Waals surface area contributed by atoms with E-state index in [4.69, 9.17) is 4.74 Å². The van der Waals surface area contributed by atoms with Crippen LogP contribution in [-0.4, -0.2) is 17.1 Å². The Kier molecular flexibility index (Phi) is 6.14. The molecule has 7 heteroatoms. The molecule has 1 N–H and O–H groups in total. The fourth-order valence-electron chi connectivity index (χ4n) is 2.26. The van der Waals surface area contributed by atoms with Crippen LogP contribution in [0.3, 0.4) is 0 Å². The van der Waals surface area contributed by atoms with Gasteiger partial charge < -0.3 is 10.1 Å². The number of aromatic nitrogens is 1. The average molecular weight is 357 g/mol. The van der Waals surface area contributed by atoms with Crippen LogP contribution in [0.2, 0.25) is 0 Å². The van der Waals surface area contributed by atoms with Gasteiger partial charge in [-0.15, -0.1) is 11.3 Å². The molecule has 0 radical (unpaired) electrons. The van der Waals surface area contributed by atoms with E-state index in [1.54, 1.807) is 20.0 Å². The second kappa shape index (κ2) is 8.31. The largest absolute Gasteiger partial charge is 0.462 e. The lowest BCUT2D eigenvalue weighted by Crippen LogP contribution is -2.32. The van der Waals surface area contributed by atoms with Crippen molar-refractivity contribution in [3.8, 4) is 6.07 Å². The summed E-state index contributed by atoms with van der Waals surface area (Å²) in [5.41, 5.74) is 1.55. The quantitative estimate of drug-likeness (QED) is 0.816. The molecule has 0 spiro atoms. The van der Waals surface area contributed by atoms with Gasteiger partial charge in [-0.3, -0.25) is 9.36 Å². The molecular formula is C18H19N3O3S. The van der Waals surface area contributed by atoms with E-state index in [1.807, 2.05) is 37.3 Å². The Morgan fingerprint density at radius 1 is 1.44 bits per heavy atom. The van der Waals surface area contributed by atoms with Gasteiger partial charge in [0.15, 0.2) is 5.57 Å². The summed E-state index contributed by atoms with van der Waals surface area (Å²) in [5.74, 6) is -0.716. The van der Waals surface area contributed by atoms with Crippen molar-refractivity contribution in [2.45, 2.75) is 27.3 Å². The van der Waals surface area contributed by atoms with Gasteiger partial charge >= 0.3 is 5.97 Å². The van der Waals surface area contributed by atoms with Gasteiger partial charge in [-0.05, 0) is 38.5 Å². The van der Waals surface area contributed by atoms with Crippen LogP contribution in [0.15, 0.2) is 29.1 Å². The number of nitrogens with one attached hydrogen (secondary N) is 1. The minimum atomic E-state index is -0.716. The molecule has 0 saturated carbocycles. The highest BCUT2D eigenvalue weighted by Crippen LogP contribution is 2.08. The Hall–Kier alpha value is -2.85. The molecule has 1 aromatic heterocycles. The Morgan fingerprint density at radius 2 is 2.20 bits per heavy atom. The summed E-state index contributed by atoms with van der Waals surface area (Å²) in [6.07, 6.45) is 1.59.